The van der Waals surface area contributed by atoms with Gasteiger partial charge in [0.1, 0.15) is 5.82 Å². The predicted octanol–water partition coefficient (Wildman–Crippen LogP) is 3.74. The van der Waals surface area contributed by atoms with E-state index in [-0.39, 0.29) is 11.3 Å². The van der Waals surface area contributed by atoms with E-state index in [0.29, 0.717) is 11.1 Å². The summed E-state index contributed by atoms with van der Waals surface area (Å²) in [5, 5.41) is 0. The van der Waals surface area contributed by atoms with Crippen molar-refractivity contribution in [1.29, 1.82) is 0 Å². The number of aryl methyl sites for hydroxylation is 2. The second-order valence-electron chi connectivity index (χ2n) is 5.21. The van der Waals surface area contributed by atoms with E-state index in [9.17, 15) is 9.18 Å². The molecule has 0 saturated heterocycles. The highest BCUT2D eigenvalue weighted by Crippen LogP contribution is 2.21. The van der Waals surface area contributed by atoms with E-state index < -0.39 is 5.82 Å². The van der Waals surface area contributed by atoms with Gasteiger partial charge in [-0.15, -0.1) is 0 Å². The van der Waals surface area contributed by atoms with Crippen molar-refractivity contribution in [1.82, 2.24) is 0 Å². The Labute approximate surface area is 118 Å². The lowest BCUT2D eigenvalue weighted by Gasteiger charge is -2.13. The van der Waals surface area contributed by atoms with E-state index in [4.69, 9.17) is 0 Å². The number of ketones is 1. The van der Waals surface area contributed by atoms with Crippen molar-refractivity contribution in [2.45, 2.75) is 13.8 Å². The van der Waals surface area contributed by atoms with E-state index >= 15 is 0 Å². The first kappa shape index (κ1) is 14.3. The van der Waals surface area contributed by atoms with Gasteiger partial charge in [-0.3, -0.25) is 4.79 Å². The molecular formula is C17H18FNO. The standard InChI is InChI=1S/C17H18FNO/c1-11-9-12(2)16(15(18)10-11)17(20)13-5-7-14(8-6-13)19(3)4/h5-10H,1-4H3. The zero-order chi connectivity index (χ0) is 14.9. The fourth-order valence-electron chi connectivity index (χ4n) is 2.26. The number of nitrogens with zero attached hydrogens (tertiary/aromatic N) is 1. The van der Waals surface area contributed by atoms with Crippen LogP contribution >= 0.6 is 0 Å². The van der Waals surface area contributed by atoms with E-state index in [2.05, 4.69) is 0 Å². The van der Waals surface area contributed by atoms with Crippen molar-refractivity contribution in [3.05, 3.63) is 64.5 Å². The van der Waals surface area contributed by atoms with Crippen molar-refractivity contribution in [3.8, 4) is 0 Å². The van der Waals surface area contributed by atoms with E-state index in [1.165, 1.54) is 6.07 Å². The zero-order valence-electron chi connectivity index (χ0n) is 12.2. The Hall–Kier alpha value is -2.16. The smallest absolute Gasteiger partial charge is 0.196 e. The second-order valence-corrected chi connectivity index (χ2v) is 5.21. The number of benzene rings is 2. The molecule has 104 valence electrons. The molecule has 0 aliphatic rings. The van der Waals surface area contributed by atoms with Gasteiger partial charge in [-0.25, -0.2) is 4.39 Å². The maximum atomic E-state index is 14.0. The van der Waals surface area contributed by atoms with E-state index in [1.807, 2.05) is 44.1 Å². The number of hydrogen-bond acceptors (Lipinski definition) is 2. The van der Waals surface area contributed by atoms with Crippen LogP contribution in [0.1, 0.15) is 27.0 Å². The van der Waals surface area contributed by atoms with Gasteiger partial charge in [0.2, 0.25) is 0 Å². The number of anilines is 1. The Morgan fingerprint density at radius 3 is 2.15 bits per heavy atom. The van der Waals surface area contributed by atoms with Gasteiger partial charge < -0.3 is 4.90 Å². The molecule has 2 aromatic carbocycles. The lowest BCUT2D eigenvalue weighted by Crippen LogP contribution is -2.10. The number of halogens is 1. The number of rotatable bonds is 3. The molecule has 3 heteroatoms. The molecule has 0 aromatic heterocycles. The van der Waals surface area contributed by atoms with Gasteiger partial charge in [0.25, 0.3) is 0 Å². The minimum Gasteiger partial charge on any atom is -0.378 e. The molecule has 0 radical (unpaired) electrons. The highest BCUT2D eigenvalue weighted by atomic mass is 19.1. The van der Waals surface area contributed by atoms with Crippen LogP contribution in [-0.2, 0) is 0 Å². The molecule has 0 heterocycles. The zero-order valence-corrected chi connectivity index (χ0v) is 12.2. The Balaban J connectivity index is 2.41. The molecule has 0 bridgehead atoms. The van der Waals surface area contributed by atoms with Crippen LogP contribution in [0.5, 0.6) is 0 Å². The summed E-state index contributed by atoms with van der Waals surface area (Å²) < 4.78 is 14.0. The summed E-state index contributed by atoms with van der Waals surface area (Å²) in [6, 6.07) is 10.4. The van der Waals surface area contributed by atoms with E-state index in [0.717, 1.165) is 11.3 Å². The van der Waals surface area contributed by atoms with Crippen LogP contribution in [-0.4, -0.2) is 19.9 Å². The van der Waals surface area contributed by atoms with E-state index in [1.54, 1.807) is 19.1 Å². The van der Waals surface area contributed by atoms with Crippen molar-refractivity contribution in [3.63, 3.8) is 0 Å². The highest BCUT2D eigenvalue weighted by molar-refractivity contribution is 6.10. The van der Waals surface area contributed by atoms with Gasteiger partial charge in [-0.05, 0) is 55.3 Å². The average molecular weight is 271 g/mol. The van der Waals surface area contributed by atoms with Crippen LogP contribution in [0.4, 0.5) is 10.1 Å². The van der Waals surface area contributed by atoms with Gasteiger partial charge in [0.15, 0.2) is 5.78 Å². The lowest BCUT2D eigenvalue weighted by atomic mass is 9.97. The molecule has 0 aliphatic heterocycles. The molecule has 2 rings (SSSR count). The van der Waals surface area contributed by atoms with Gasteiger partial charge in [0.05, 0.1) is 5.56 Å². The Bertz CT molecular complexity index is 622. The summed E-state index contributed by atoms with van der Waals surface area (Å²) in [5.41, 5.74) is 3.15. The molecule has 0 spiro atoms. The molecule has 0 aliphatic carbocycles. The van der Waals surface area contributed by atoms with Crippen LogP contribution < -0.4 is 4.90 Å². The van der Waals surface area contributed by atoms with Crippen LogP contribution in [0.2, 0.25) is 0 Å². The first-order valence-corrected chi connectivity index (χ1v) is 6.49. The van der Waals surface area contributed by atoms with Crippen LogP contribution in [0, 0.1) is 19.7 Å². The van der Waals surface area contributed by atoms with Gasteiger partial charge in [-0.2, -0.15) is 0 Å². The molecule has 0 fully saturated rings. The Morgan fingerprint density at radius 2 is 1.65 bits per heavy atom. The molecule has 0 N–H and O–H groups in total. The molecule has 2 nitrogen and oxygen atoms in total. The Kier molecular flexibility index (Phi) is 3.89. The summed E-state index contributed by atoms with van der Waals surface area (Å²) in [6.45, 7) is 3.58. The van der Waals surface area contributed by atoms with Crippen molar-refractivity contribution >= 4 is 11.5 Å². The van der Waals surface area contributed by atoms with Gasteiger partial charge >= 0.3 is 0 Å². The quantitative estimate of drug-likeness (QED) is 0.793. The summed E-state index contributed by atoms with van der Waals surface area (Å²) in [7, 11) is 3.86. The second kappa shape index (κ2) is 5.45. The summed E-state index contributed by atoms with van der Waals surface area (Å²) >= 11 is 0. The van der Waals surface area contributed by atoms with Gasteiger partial charge in [-0.1, -0.05) is 6.07 Å². The van der Waals surface area contributed by atoms with Crippen LogP contribution in [0.15, 0.2) is 36.4 Å². The third-order valence-electron chi connectivity index (χ3n) is 3.30. The maximum Gasteiger partial charge on any atom is 0.196 e. The largest absolute Gasteiger partial charge is 0.378 e. The third kappa shape index (κ3) is 2.72. The molecule has 0 saturated carbocycles. The Morgan fingerprint density at radius 1 is 1.05 bits per heavy atom. The minimum atomic E-state index is -0.454. The SMILES string of the molecule is Cc1cc(C)c(C(=O)c2ccc(N(C)C)cc2)c(F)c1. The third-order valence-corrected chi connectivity index (χ3v) is 3.30. The fourth-order valence-corrected chi connectivity index (χ4v) is 2.26. The molecule has 0 atom stereocenters. The van der Waals surface area contributed by atoms with Gasteiger partial charge in [0, 0.05) is 25.3 Å². The molecular weight excluding hydrogens is 253 g/mol. The van der Waals surface area contributed by atoms with Crippen LogP contribution in [0.25, 0.3) is 0 Å². The normalized spacial score (nSPS) is 10.4. The summed E-state index contributed by atoms with van der Waals surface area (Å²) in [4.78, 5) is 14.4. The molecule has 0 amide bonds. The maximum absolute atomic E-state index is 14.0. The fraction of sp³-hybridized carbons (Fsp3) is 0.235. The number of carbonyl (C=O) groups excluding carboxylic acids is 1. The van der Waals surface area contributed by atoms with Crippen molar-refractivity contribution in [2.75, 3.05) is 19.0 Å². The van der Waals surface area contributed by atoms with Crippen LogP contribution in [0.3, 0.4) is 0 Å². The monoisotopic (exact) mass is 271 g/mol. The predicted molar refractivity (Wildman–Crippen MR) is 80.1 cm³/mol. The first-order valence-electron chi connectivity index (χ1n) is 6.49. The first-order chi connectivity index (χ1) is 9.40. The molecule has 20 heavy (non-hydrogen) atoms. The molecule has 0 unspecified atom stereocenters. The topological polar surface area (TPSA) is 20.3 Å². The average Bonchev–Trinajstić information content (AvgIpc) is 2.37. The summed E-state index contributed by atoms with van der Waals surface area (Å²) in [6.07, 6.45) is 0. The van der Waals surface area contributed by atoms with Crippen molar-refractivity contribution in [2.24, 2.45) is 0 Å². The number of hydrogen-bond donors (Lipinski definition) is 0. The number of carbonyl (C=O) groups is 1. The lowest BCUT2D eigenvalue weighted by molar-refractivity contribution is 0.103. The highest BCUT2D eigenvalue weighted by Gasteiger charge is 2.17. The summed E-state index contributed by atoms with van der Waals surface area (Å²) in [5.74, 6) is -0.727. The van der Waals surface area contributed by atoms with Crippen molar-refractivity contribution < 1.29 is 9.18 Å². The minimum absolute atomic E-state index is 0.160. The molecule has 2 aromatic rings.